The van der Waals surface area contributed by atoms with E-state index in [1.807, 2.05) is 13.1 Å². The van der Waals surface area contributed by atoms with Crippen molar-refractivity contribution in [2.24, 2.45) is 7.05 Å². The molecule has 1 fully saturated rings. The number of nitrogens with zero attached hydrogens (tertiary/aromatic N) is 5. The van der Waals surface area contributed by atoms with Crippen LogP contribution in [0.5, 0.6) is 5.75 Å². The number of hydrogen-bond acceptors (Lipinski definition) is 6. The maximum atomic E-state index is 12.8. The van der Waals surface area contributed by atoms with Gasteiger partial charge in [-0.05, 0) is 68.6 Å². The molecular formula is C30H36N6O2. The van der Waals surface area contributed by atoms with E-state index in [1.165, 1.54) is 12.1 Å². The zero-order valence-electron chi connectivity index (χ0n) is 27.8. The largest absolute Gasteiger partial charge is 0.494 e. The Morgan fingerprint density at radius 1 is 1.16 bits per heavy atom. The monoisotopic (exact) mass is 518 g/mol. The summed E-state index contributed by atoms with van der Waals surface area (Å²) in [4.78, 5) is 24.4. The summed E-state index contributed by atoms with van der Waals surface area (Å²) in [5.74, 6) is -0.186. The maximum absolute atomic E-state index is 12.8. The second-order valence-electron chi connectivity index (χ2n) is 9.79. The second kappa shape index (κ2) is 10.5. The van der Waals surface area contributed by atoms with Gasteiger partial charge in [-0.3, -0.25) is 14.7 Å². The summed E-state index contributed by atoms with van der Waals surface area (Å²) in [6.07, 6.45) is 5.19. The second-order valence-corrected chi connectivity index (χ2v) is 9.79. The normalized spacial score (nSPS) is 18.5. The fourth-order valence-corrected chi connectivity index (χ4v) is 5.50. The number of carbonyl (C=O) groups is 1. The lowest BCUT2D eigenvalue weighted by atomic mass is 9.88. The standard InChI is InChI=1S/C30H36N6O2/c1-19(36-14-11-21(12-15-36)20-6-8-22(9-7-20)30(37)34(2)3)26-17-25-24(10-13-32-29(25)35(26)4)28-27(38-5)16-23(31)18-33-28/h6-10,13,16-19,21H,11-12,14-15,31H2,1-5H3/t19-/m0/s1/i2D3,3D3. The number of fused-ring (bicyclic) bond motifs is 1. The van der Waals surface area contributed by atoms with Crippen LogP contribution in [0.4, 0.5) is 5.69 Å². The Labute approximate surface area is 232 Å². The number of anilines is 1. The highest BCUT2D eigenvalue weighted by Gasteiger charge is 2.27. The highest BCUT2D eigenvalue weighted by atomic mass is 16.5. The lowest BCUT2D eigenvalue weighted by Crippen LogP contribution is -2.35. The van der Waals surface area contributed by atoms with Crippen LogP contribution in [0, 0.1) is 0 Å². The number of aryl methyl sites for hydroxylation is 1. The Bertz CT molecular complexity index is 1650. The van der Waals surface area contributed by atoms with Gasteiger partial charge in [-0.15, -0.1) is 0 Å². The van der Waals surface area contributed by atoms with Gasteiger partial charge in [0, 0.05) is 69.7 Å². The van der Waals surface area contributed by atoms with Crippen molar-refractivity contribution in [3.63, 3.8) is 0 Å². The van der Waals surface area contributed by atoms with Crippen molar-refractivity contribution in [1.82, 2.24) is 24.3 Å². The molecule has 1 amide bonds. The minimum atomic E-state index is -3.08. The van der Waals surface area contributed by atoms with E-state index in [4.69, 9.17) is 18.7 Å². The van der Waals surface area contributed by atoms with Gasteiger partial charge >= 0.3 is 0 Å². The van der Waals surface area contributed by atoms with E-state index in [-0.39, 0.29) is 22.4 Å². The first-order valence-electron chi connectivity index (χ1n) is 15.6. The molecule has 8 heteroatoms. The summed E-state index contributed by atoms with van der Waals surface area (Å²) in [5, 5.41) is 0.979. The zero-order valence-corrected chi connectivity index (χ0v) is 21.8. The number of rotatable bonds is 6. The Morgan fingerprint density at radius 2 is 1.89 bits per heavy atom. The summed E-state index contributed by atoms with van der Waals surface area (Å²) in [7, 11) is 3.62. The molecule has 0 aliphatic carbocycles. The molecule has 5 rings (SSSR count). The van der Waals surface area contributed by atoms with Crippen LogP contribution in [0.2, 0.25) is 0 Å². The fourth-order valence-electron chi connectivity index (χ4n) is 5.50. The van der Waals surface area contributed by atoms with Crippen LogP contribution >= 0.6 is 0 Å². The third-order valence-electron chi connectivity index (χ3n) is 7.65. The number of carbonyl (C=O) groups excluding carboxylic acids is 1. The Balaban J connectivity index is 1.31. The molecular weight excluding hydrogens is 476 g/mol. The topological polar surface area (TPSA) is 89.5 Å². The van der Waals surface area contributed by atoms with E-state index in [9.17, 15) is 4.79 Å². The number of ether oxygens (including phenoxy) is 1. The number of likely N-dealkylation sites (tertiary alicyclic amines) is 1. The maximum Gasteiger partial charge on any atom is 0.253 e. The first-order valence-corrected chi connectivity index (χ1v) is 12.6. The number of methoxy groups -OCH3 is 1. The minimum Gasteiger partial charge on any atom is -0.494 e. The molecule has 4 aromatic rings. The molecule has 0 radical (unpaired) electrons. The third-order valence-corrected chi connectivity index (χ3v) is 7.65. The number of pyridine rings is 2. The highest BCUT2D eigenvalue weighted by Crippen LogP contribution is 2.38. The smallest absolute Gasteiger partial charge is 0.253 e. The van der Waals surface area contributed by atoms with E-state index in [0.717, 1.165) is 53.8 Å². The number of nitrogens with two attached hydrogens (primary N) is 1. The zero-order chi connectivity index (χ0) is 32.0. The Morgan fingerprint density at radius 3 is 2.58 bits per heavy atom. The molecule has 0 spiro atoms. The molecule has 0 saturated carbocycles. The van der Waals surface area contributed by atoms with Crippen LogP contribution in [0.15, 0.2) is 54.9 Å². The van der Waals surface area contributed by atoms with Crippen molar-refractivity contribution in [3.8, 4) is 17.0 Å². The van der Waals surface area contributed by atoms with Crippen LogP contribution in [0.1, 0.15) is 61.6 Å². The summed E-state index contributed by atoms with van der Waals surface area (Å²) in [6, 6.07) is 12.6. The van der Waals surface area contributed by atoms with Crippen molar-refractivity contribution in [2.45, 2.75) is 31.7 Å². The molecule has 0 unspecified atom stereocenters. The molecule has 3 aromatic heterocycles. The molecule has 198 valence electrons. The van der Waals surface area contributed by atoms with Gasteiger partial charge in [0.25, 0.3) is 5.91 Å². The Kier molecular flexibility index (Phi) is 5.28. The molecule has 1 saturated heterocycles. The predicted molar refractivity (Wildman–Crippen MR) is 151 cm³/mol. The van der Waals surface area contributed by atoms with E-state index in [0.29, 0.717) is 17.1 Å². The molecule has 2 N–H and O–H groups in total. The van der Waals surface area contributed by atoms with Crippen molar-refractivity contribution in [1.29, 1.82) is 0 Å². The number of nitrogen functional groups attached to an aromatic ring is 1. The first-order chi connectivity index (χ1) is 20.7. The molecule has 1 aliphatic rings. The van der Waals surface area contributed by atoms with Gasteiger partial charge in [0.15, 0.2) is 0 Å². The van der Waals surface area contributed by atoms with Crippen molar-refractivity contribution >= 4 is 22.6 Å². The summed E-state index contributed by atoms with van der Waals surface area (Å²) >= 11 is 0. The van der Waals surface area contributed by atoms with E-state index < -0.39 is 19.9 Å². The van der Waals surface area contributed by atoms with Gasteiger partial charge in [0.05, 0.1) is 19.0 Å². The minimum absolute atomic E-state index is 0.0108. The highest BCUT2D eigenvalue weighted by molar-refractivity contribution is 5.95. The average Bonchev–Trinajstić information content (AvgIpc) is 3.32. The van der Waals surface area contributed by atoms with E-state index in [1.54, 1.807) is 37.7 Å². The molecule has 38 heavy (non-hydrogen) atoms. The van der Waals surface area contributed by atoms with Gasteiger partial charge in [-0.25, -0.2) is 4.98 Å². The van der Waals surface area contributed by atoms with Crippen LogP contribution in [-0.2, 0) is 7.05 Å². The number of aromatic nitrogens is 3. The molecule has 1 atom stereocenters. The van der Waals surface area contributed by atoms with Gasteiger partial charge in [-0.1, -0.05) is 12.1 Å². The number of amides is 1. The van der Waals surface area contributed by atoms with Crippen LogP contribution < -0.4 is 10.5 Å². The van der Waals surface area contributed by atoms with Crippen molar-refractivity contribution in [3.05, 3.63) is 71.7 Å². The predicted octanol–water partition coefficient (Wildman–Crippen LogP) is 4.87. The van der Waals surface area contributed by atoms with Gasteiger partial charge in [-0.2, -0.15) is 0 Å². The van der Waals surface area contributed by atoms with E-state index in [2.05, 4.69) is 32.4 Å². The lowest BCUT2D eigenvalue weighted by Gasteiger charge is -2.36. The third kappa shape index (κ3) is 4.72. The van der Waals surface area contributed by atoms with E-state index >= 15 is 0 Å². The van der Waals surface area contributed by atoms with Crippen LogP contribution in [-0.4, -0.2) is 64.4 Å². The molecule has 4 heterocycles. The molecule has 1 aliphatic heterocycles. The summed E-state index contributed by atoms with van der Waals surface area (Å²) < 4.78 is 52.8. The quantitative estimate of drug-likeness (QED) is 0.392. The number of piperidine rings is 1. The van der Waals surface area contributed by atoms with Crippen molar-refractivity contribution in [2.75, 3.05) is 39.9 Å². The van der Waals surface area contributed by atoms with Gasteiger partial charge in [0.2, 0.25) is 0 Å². The summed E-state index contributed by atoms with van der Waals surface area (Å²) in [6.45, 7) is -2.25. The first kappa shape index (κ1) is 19.2. The van der Waals surface area contributed by atoms with Crippen LogP contribution in [0.25, 0.3) is 22.3 Å². The van der Waals surface area contributed by atoms with Gasteiger partial charge in [0.1, 0.15) is 17.1 Å². The number of benzene rings is 1. The average molecular weight is 519 g/mol. The summed E-state index contributed by atoms with van der Waals surface area (Å²) in [5.41, 5.74) is 11.1. The fraction of sp³-hybridized carbons (Fsp3) is 0.367. The van der Waals surface area contributed by atoms with Crippen LogP contribution in [0.3, 0.4) is 0 Å². The molecule has 0 bridgehead atoms. The molecule has 1 aromatic carbocycles. The number of hydrogen-bond donors (Lipinski definition) is 1. The van der Waals surface area contributed by atoms with Gasteiger partial charge < -0.3 is 19.9 Å². The van der Waals surface area contributed by atoms with Crippen molar-refractivity contribution < 1.29 is 17.8 Å². The molecule has 8 nitrogen and oxygen atoms in total. The SMILES string of the molecule is [2H]C([2H])([2H])N(C(=O)c1ccc(C2CCN([C@@H](C)c3cc4c(-c5ncc(N)cc5OC)ccnc4n3C)CC2)cc1)C([2H])([2H])[2H]. The Hall–Kier alpha value is -3.91. The lowest BCUT2D eigenvalue weighted by molar-refractivity contribution is 0.0827.